The molecule has 1 aromatic rings. The summed E-state index contributed by atoms with van der Waals surface area (Å²) in [5.41, 5.74) is 1.70. The predicted molar refractivity (Wildman–Crippen MR) is 102 cm³/mol. The molecule has 0 saturated heterocycles. The second-order valence-electron chi connectivity index (χ2n) is 7.34. The standard InChI is InChI=1S/C21H28N2O4/c1-4-26-17-11-6-5-10-16(17)19-18(14(3)22-21(25)23-19)20(24)27-15-9-7-8-13(2)12-15/h5-6,10-11,13,15,19H,4,7-9,12H2,1-3H3,(H2,22,23,25)/t13-,15-,19-/m0/s1. The molecule has 1 aliphatic heterocycles. The van der Waals surface area contributed by atoms with E-state index in [2.05, 4.69) is 17.6 Å². The van der Waals surface area contributed by atoms with Crippen LogP contribution in [0.5, 0.6) is 5.75 Å². The van der Waals surface area contributed by atoms with E-state index in [1.165, 1.54) is 6.42 Å². The lowest BCUT2D eigenvalue weighted by Gasteiger charge is -2.31. The minimum absolute atomic E-state index is 0.0676. The lowest BCUT2D eigenvalue weighted by atomic mass is 9.88. The van der Waals surface area contributed by atoms with Crippen molar-refractivity contribution in [2.24, 2.45) is 5.92 Å². The van der Waals surface area contributed by atoms with Gasteiger partial charge >= 0.3 is 12.0 Å². The lowest BCUT2D eigenvalue weighted by Crippen LogP contribution is -2.45. The zero-order valence-electron chi connectivity index (χ0n) is 16.2. The van der Waals surface area contributed by atoms with E-state index in [1.807, 2.05) is 31.2 Å². The van der Waals surface area contributed by atoms with Gasteiger partial charge < -0.3 is 20.1 Å². The van der Waals surface area contributed by atoms with E-state index in [0.29, 0.717) is 29.5 Å². The van der Waals surface area contributed by atoms with Crippen LogP contribution in [-0.4, -0.2) is 24.7 Å². The molecule has 3 rings (SSSR count). The zero-order valence-corrected chi connectivity index (χ0v) is 16.2. The van der Waals surface area contributed by atoms with Crippen molar-refractivity contribution in [1.29, 1.82) is 0 Å². The summed E-state index contributed by atoms with van der Waals surface area (Å²) >= 11 is 0. The van der Waals surface area contributed by atoms with Crippen molar-refractivity contribution < 1.29 is 19.1 Å². The number of hydrogen-bond acceptors (Lipinski definition) is 4. The predicted octanol–water partition coefficient (Wildman–Crippen LogP) is 3.84. The van der Waals surface area contributed by atoms with Gasteiger partial charge in [0.15, 0.2) is 0 Å². The van der Waals surface area contributed by atoms with E-state index in [4.69, 9.17) is 9.47 Å². The third-order valence-electron chi connectivity index (χ3n) is 5.18. The van der Waals surface area contributed by atoms with Crippen LogP contribution in [0, 0.1) is 5.92 Å². The summed E-state index contributed by atoms with van der Waals surface area (Å²) in [4.78, 5) is 25.1. The molecule has 0 bridgehead atoms. The first-order valence-electron chi connectivity index (χ1n) is 9.70. The molecule has 1 saturated carbocycles. The van der Waals surface area contributed by atoms with Crippen LogP contribution in [0.1, 0.15) is 58.1 Å². The normalized spacial score (nSPS) is 25.4. The number of benzene rings is 1. The summed E-state index contributed by atoms with van der Waals surface area (Å²) in [6.07, 6.45) is 3.96. The maximum Gasteiger partial charge on any atom is 0.338 e. The third-order valence-corrected chi connectivity index (χ3v) is 5.18. The van der Waals surface area contributed by atoms with Gasteiger partial charge in [-0.25, -0.2) is 9.59 Å². The molecule has 1 aliphatic carbocycles. The summed E-state index contributed by atoms with van der Waals surface area (Å²) in [7, 11) is 0. The highest BCUT2D eigenvalue weighted by molar-refractivity contribution is 5.95. The lowest BCUT2D eigenvalue weighted by molar-refractivity contribution is -0.146. The largest absolute Gasteiger partial charge is 0.494 e. The first kappa shape index (κ1) is 19.3. The number of carbonyl (C=O) groups is 2. The molecule has 0 aromatic heterocycles. The van der Waals surface area contributed by atoms with Gasteiger partial charge in [-0.2, -0.15) is 0 Å². The van der Waals surface area contributed by atoms with Crippen molar-refractivity contribution in [2.75, 3.05) is 6.61 Å². The quantitative estimate of drug-likeness (QED) is 0.770. The van der Waals surface area contributed by atoms with E-state index in [0.717, 1.165) is 24.8 Å². The minimum atomic E-state index is -0.602. The number of carbonyl (C=O) groups excluding carboxylic acids is 2. The van der Waals surface area contributed by atoms with Gasteiger partial charge in [0.1, 0.15) is 11.9 Å². The first-order chi connectivity index (χ1) is 13.0. The van der Waals surface area contributed by atoms with Crippen molar-refractivity contribution in [2.45, 2.75) is 58.6 Å². The van der Waals surface area contributed by atoms with Crippen molar-refractivity contribution >= 4 is 12.0 Å². The fourth-order valence-electron chi connectivity index (χ4n) is 3.90. The number of esters is 1. The highest BCUT2D eigenvalue weighted by Gasteiger charge is 2.35. The number of amides is 2. The van der Waals surface area contributed by atoms with Crippen molar-refractivity contribution in [1.82, 2.24) is 10.6 Å². The topological polar surface area (TPSA) is 76.7 Å². The number of urea groups is 1. The van der Waals surface area contributed by atoms with Crippen LogP contribution in [0.15, 0.2) is 35.5 Å². The van der Waals surface area contributed by atoms with E-state index < -0.39 is 6.04 Å². The molecule has 6 nitrogen and oxygen atoms in total. The molecule has 0 unspecified atom stereocenters. The second-order valence-corrected chi connectivity index (χ2v) is 7.34. The molecule has 27 heavy (non-hydrogen) atoms. The van der Waals surface area contributed by atoms with Crippen LogP contribution in [-0.2, 0) is 9.53 Å². The van der Waals surface area contributed by atoms with E-state index in [1.54, 1.807) is 6.92 Å². The second kappa shape index (κ2) is 8.46. The number of allylic oxidation sites excluding steroid dienone is 1. The number of ether oxygens (including phenoxy) is 2. The number of rotatable bonds is 5. The molecule has 2 amide bonds. The Morgan fingerprint density at radius 3 is 2.78 bits per heavy atom. The molecular formula is C21H28N2O4. The Kier molecular flexibility index (Phi) is 6.04. The maximum atomic E-state index is 13.0. The molecule has 2 aliphatic rings. The molecule has 3 atom stereocenters. The van der Waals surface area contributed by atoms with Gasteiger partial charge in [0.05, 0.1) is 18.2 Å². The monoisotopic (exact) mass is 372 g/mol. The Labute approximate surface area is 160 Å². The summed E-state index contributed by atoms with van der Waals surface area (Å²) in [6.45, 7) is 6.32. The Balaban J connectivity index is 1.89. The molecule has 146 valence electrons. The van der Waals surface area contributed by atoms with E-state index in [9.17, 15) is 9.59 Å². The van der Waals surface area contributed by atoms with Gasteiger partial charge in [0.25, 0.3) is 0 Å². The van der Waals surface area contributed by atoms with E-state index >= 15 is 0 Å². The van der Waals surface area contributed by atoms with Crippen LogP contribution in [0.2, 0.25) is 0 Å². The van der Waals surface area contributed by atoms with Crippen LogP contribution >= 0.6 is 0 Å². The highest BCUT2D eigenvalue weighted by Crippen LogP contribution is 2.34. The molecule has 1 aromatic carbocycles. The summed E-state index contributed by atoms with van der Waals surface area (Å²) in [5, 5.41) is 5.55. The molecule has 2 N–H and O–H groups in total. The van der Waals surface area contributed by atoms with Crippen LogP contribution in [0.3, 0.4) is 0 Å². The summed E-state index contributed by atoms with van der Waals surface area (Å²) in [6, 6.07) is 6.50. The SMILES string of the molecule is CCOc1ccccc1[C@@H]1NC(=O)NC(C)=C1C(=O)O[C@H]1CCC[C@H](C)C1. The molecular weight excluding hydrogens is 344 g/mol. The van der Waals surface area contributed by atoms with Gasteiger partial charge in [0.2, 0.25) is 0 Å². The highest BCUT2D eigenvalue weighted by atomic mass is 16.5. The Hall–Kier alpha value is -2.50. The van der Waals surface area contributed by atoms with Gasteiger partial charge in [-0.15, -0.1) is 0 Å². The molecule has 0 spiro atoms. The van der Waals surface area contributed by atoms with Gasteiger partial charge in [-0.3, -0.25) is 0 Å². The van der Waals surface area contributed by atoms with Gasteiger partial charge in [-0.1, -0.05) is 31.5 Å². The van der Waals surface area contributed by atoms with Gasteiger partial charge in [0, 0.05) is 11.3 Å². The number of hydrogen-bond donors (Lipinski definition) is 2. The van der Waals surface area contributed by atoms with Crippen molar-refractivity contribution in [3.63, 3.8) is 0 Å². The first-order valence-corrected chi connectivity index (χ1v) is 9.70. The van der Waals surface area contributed by atoms with Gasteiger partial charge in [-0.05, 0) is 45.1 Å². The zero-order chi connectivity index (χ0) is 19.4. The van der Waals surface area contributed by atoms with Crippen LogP contribution < -0.4 is 15.4 Å². The third kappa shape index (κ3) is 4.43. The smallest absolute Gasteiger partial charge is 0.338 e. The fraction of sp³-hybridized carbons (Fsp3) is 0.524. The van der Waals surface area contributed by atoms with Crippen LogP contribution in [0.25, 0.3) is 0 Å². The number of para-hydroxylation sites is 1. The van der Waals surface area contributed by atoms with Crippen molar-refractivity contribution in [3.05, 3.63) is 41.1 Å². The fourth-order valence-corrected chi connectivity index (χ4v) is 3.90. The molecule has 0 radical (unpaired) electrons. The maximum absolute atomic E-state index is 13.0. The average molecular weight is 372 g/mol. The molecule has 1 fully saturated rings. The van der Waals surface area contributed by atoms with Crippen LogP contribution in [0.4, 0.5) is 4.79 Å². The average Bonchev–Trinajstić information content (AvgIpc) is 2.61. The van der Waals surface area contributed by atoms with Crippen molar-refractivity contribution in [3.8, 4) is 5.75 Å². The molecule has 1 heterocycles. The summed E-state index contributed by atoms with van der Waals surface area (Å²) in [5.74, 6) is 0.831. The molecule has 6 heteroatoms. The minimum Gasteiger partial charge on any atom is -0.494 e. The Morgan fingerprint density at radius 1 is 1.26 bits per heavy atom. The Bertz CT molecular complexity index is 743. The van der Waals surface area contributed by atoms with E-state index in [-0.39, 0.29) is 18.1 Å². The number of nitrogens with one attached hydrogen (secondary N) is 2. The Morgan fingerprint density at radius 2 is 2.04 bits per heavy atom. The summed E-state index contributed by atoms with van der Waals surface area (Å²) < 4.78 is 11.5.